The summed E-state index contributed by atoms with van der Waals surface area (Å²) in [5, 5.41) is 20.2. The number of nitriles is 1. The summed E-state index contributed by atoms with van der Waals surface area (Å²) < 4.78 is 13.8. The Balaban J connectivity index is 2.46. The molecule has 0 saturated heterocycles. The molecule has 106 valence electrons. The highest BCUT2D eigenvalue weighted by Crippen LogP contribution is 2.22. The number of nitrogens with zero attached hydrogens (tertiary/aromatic N) is 2. The van der Waals surface area contributed by atoms with Crippen molar-refractivity contribution >= 4 is 17.4 Å². The van der Waals surface area contributed by atoms with Crippen LogP contribution in [0.3, 0.4) is 0 Å². The second-order valence-electron chi connectivity index (χ2n) is 4.25. The van der Waals surface area contributed by atoms with Crippen molar-refractivity contribution in [1.82, 2.24) is 10.5 Å². The molecule has 0 aliphatic heterocycles. The first-order valence-corrected chi connectivity index (χ1v) is 5.94. The van der Waals surface area contributed by atoms with Crippen molar-refractivity contribution in [3.8, 4) is 6.07 Å². The topological polar surface area (TPSA) is 98.0 Å². The molecule has 1 amide bonds. The predicted molar refractivity (Wildman–Crippen MR) is 72.6 cm³/mol. The lowest BCUT2D eigenvalue weighted by Crippen LogP contribution is -2.20. The van der Waals surface area contributed by atoms with Gasteiger partial charge in [0.15, 0.2) is 0 Å². The number of hydrogen-bond acceptors (Lipinski definition) is 5. The fourth-order valence-electron chi connectivity index (χ4n) is 1.71. The van der Waals surface area contributed by atoms with Gasteiger partial charge in [0.1, 0.15) is 23.4 Å². The van der Waals surface area contributed by atoms with Crippen molar-refractivity contribution in [2.45, 2.75) is 6.92 Å². The van der Waals surface area contributed by atoms with Crippen LogP contribution in [0.2, 0.25) is 0 Å². The average molecular weight is 286 g/mol. The number of amides is 1. The third-order valence-electron chi connectivity index (χ3n) is 2.73. The zero-order valence-electron chi connectivity index (χ0n) is 11.0. The Morgan fingerprint density at radius 2 is 2.14 bits per heavy atom. The molecule has 1 aromatic carbocycles. The van der Waals surface area contributed by atoms with Gasteiger partial charge in [-0.15, -0.1) is 0 Å². The summed E-state index contributed by atoms with van der Waals surface area (Å²) >= 11 is 0. The molecule has 0 atom stereocenters. The highest BCUT2D eigenvalue weighted by Gasteiger charge is 2.14. The van der Waals surface area contributed by atoms with E-state index in [1.807, 2.05) is 6.07 Å². The Morgan fingerprint density at radius 1 is 1.38 bits per heavy atom. The number of halogens is 1. The van der Waals surface area contributed by atoms with Gasteiger partial charge in [-0.3, -0.25) is 10.0 Å². The van der Waals surface area contributed by atoms with Gasteiger partial charge < -0.3 is 5.32 Å². The average Bonchev–Trinajstić information content (AvgIpc) is 2.49. The first-order valence-electron chi connectivity index (χ1n) is 5.94. The minimum atomic E-state index is -0.818. The van der Waals surface area contributed by atoms with Gasteiger partial charge in [-0.25, -0.2) is 14.9 Å². The maximum Gasteiger partial charge on any atom is 0.278 e. The number of carbonyl (C=O) groups excluding carboxylic acids is 1. The largest absolute Gasteiger partial charge is 0.337 e. The number of rotatable bonds is 3. The Labute approximate surface area is 119 Å². The lowest BCUT2D eigenvalue weighted by Gasteiger charge is -2.11. The minimum Gasteiger partial charge on any atom is -0.337 e. The summed E-state index contributed by atoms with van der Waals surface area (Å²) in [6.45, 7) is 1.74. The SMILES string of the molecule is Cc1ccc(Nc2nc(C#N)ccc2C(=O)NO)c(F)c1. The monoisotopic (exact) mass is 286 g/mol. The summed E-state index contributed by atoms with van der Waals surface area (Å²) in [6.07, 6.45) is 0. The first kappa shape index (κ1) is 14.4. The van der Waals surface area contributed by atoms with Crippen LogP contribution in [-0.4, -0.2) is 16.1 Å². The molecule has 0 spiro atoms. The maximum atomic E-state index is 13.8. The predicted octanol–water partition coefficient (Wildman–Crippen LogP) is 2.26. The fourth-order valence-corrected chi connectivity index (χ4v) is 1.71. The molecule has 0 unspecified atom stereocenters. The number of anilines is 2. The molecular formula is C14H11FN4O2. The van der Waals surface area contributed by atoms with Gasteiger partial charge in [0.05, 0.1) is 11.3 Å². The molecule has 21 heavy (non-hydrogen) atoms. The third-order valence-corrected chi connectivity index (χ3v) is 2.73. The quantitative estimate of drug-likeness (QED) is 0.594. The molecule has 6 nitrogen and oxygen atoms in total. The van der Waals surface area contributed by atoms with Crippen molar-refractivity contribution in [2.75, 3.05) is 5.32 Å². The van der Waals surface area contributed by atoms with Crippen LogP contribution in [0.15, 0.2) is 30.3 Å². The van der Waals surface area contributed by atoms with E-state index in [0.717, 1.165) is 5.56 Å². The van der Waals surface area contributed by atoms with E-state index in [-0.39, 0.29) is 22.8 Å². The van der Waals surface area contributed by atoms with Gasteiger partial charge >= 0.3 is 0 Å². The van der Waals surface area contributed by atoms with E-state index in [0.29, 0.717) is 0 Å². The van der Waals surface area contributed by atoms with Crippen molar-refractivity contribution in [3.05, 3.63) is 53.0 Å². The van der Waals surface area contributed by atoms with Crippen molar-refractivity contribution in [3.63, 3.8) is 0 Å². The van der Waals surface area contributed by atoms with Crippen LogP contribution in [0.4, 0.5) is 15.9 Å². The Bertz CT molecular complexity index is 740. The second kappa shape index (κ2) is 5.98. The molecule has 0 bridgehead atoms. The van der Waals surface area contributed by atoms with Crippen LogP contribution < -0.4 is 10.8 Å². The molecule has 0 fully saturated rings. The Kier molecular flexibility index (Phi) is 4.11. The summed E-state index contributed by atoms with van der Waals surface area (Å²) in [4.78, 5) is 15.5. The lowest BCUT2D eigenvalue weighted by atomic mass is 10.2. The van der Waals surface area contributed by atoms with E-state index in [1.165, 1.54) is 29.7 Å². The van der Waals surface area contributed by atoms with Gasteiger partial charge in [-0.05, 0) is 36.8 Å². The molecule has 0 saturated carbocycles. The van der Waals surface area contributed by atoms with Crippen LogP contribution in [0.5, 0.6) is 0 Å². The van der Waals surface area contributed by atoms with Crippen molar-refractivity contribution < 1.29 is 14.4 Å². The number of benzene rings is 1. The highest BCUT2D eigenvalue weighted by atomic mass is 19.1. The van der Waals surface area contributed by atoms with Crippen molar-refractivity contribution in [1.29, 1.82) is 5.26 Å². The molecule has 2 rings (SSSR count). The van der Waals surface area contributed by atoms with Crippen LogP contribution in [-0.2, 0) is 0 Å². The smallest absolute Gasteiger partial charge is 0.278 e. The van der Waals surface area contributed by atoms with Gasteiger partial charge in [0, 0.05) is 0 Å². The van der Waals surface area contributed by atoms with Crippen molar-refractivity contribution in [2.24, 2.45) is 0 Å². The Hall–Kier alpha value is -2.98. The maximum absolute atomic E-state index is 13.8. The molecule has 1 heterocycles. The number of aromatic nitrogens is 1. The van der Waals surface area contributed by atoms with Gasteiger partial charge in [0.25, 0.3) is 5.91 Å². The molecule has 0 aliphatic rings. The van der Waals surface area contributed by atoms with E-state index in [4.69, 9.17) is 10.5 Å². The number of carbonyl (C=O) groups is 1. The second-order valence-corrected chi connectivity index (χ2v) is 4.25. The molecule has 0 radical (unpaired) electrons. The molecule has 2 aromatic rings. The zero-order chi connectivity index (χ0) is 15.4. The Morgan fingerprint density at radius 3 is 2.76 bits per heavy atom. The molecule has 0 aliphatic carbocycles. The molecule has 7 heteroatoms. The van der Waals surface area contributed by atoms with Crippen LogP contribution >= 0.6 is 0 Å². The number of hydrogen-bond donors (Lipinski definition) is 3. The minimum absolute atomic E-state index is 0.0172. The van der Waals surface area contributed by atoms with E-state index in [1.54, 1.807) is 13.0 Å². The van der Waals surface area contributed by atoms with Crippen LogP contribution in [0, 0.1) is 24.1 Å². The summed E-state index contributed by atoms with van der Waals surface area (Å²) in [5.41, 5.74) is 2.36. The first-order chi connectivity index (χ1) is 10.0. The van der Waals surface area contributed by atoms with Crippen LogP contribution in [0.25, 0.3) is 0 Å². The molecular weight excluding hydrogens is 275 g/mol. The number of pyridine rings is 1. The molecule has 3 N–H and O–H groups in total. The summed E-state index contributed by atoms with van der Waals surface area (Å²) in [5.74, 6) is -1.36. The zero-order valence-corrected chi connectivity index (χ0v) is 11.0. The van der Waals surface area contributed by atoms with E-state index >= 15 is 0 Å². The van der Waals surface area contributed by atoms with E-state index in [9.17, 15) is 9.18 Å². The number of hydroxylamine groups is 1. The fraction of sp³-hybridized carbons (Fsp3) is 0.0714. The third kappa shape index (κ3) is 3.13. The number of nitrogens with one attached hydrogen (secondary N) is 2. The summed E-state index contributed by atoms with van der Waals surface area (Å²) in [6, 6.07) is 8.95. The lowest BCUT2D eigenvalue weighted by molar-refractivity contribution is 0.0707. The van der Waals surface area contributed by atoms with Gasteiger partial charge in [-0.1, -0.05) is 6.07 Å². The van der Waals surface area contributed by atoms with Gasteiger partial charge in [0.2, 0.25) is 0 Å². The standard InChI is InChI=1S/C14H11FN4O2/c1-8-2-5-12(11(15)6-8)18-13-10(14(20)19-21)4-3-9(7-16)17-13/h2-6,21H,1H3,(H,17,18)(H,19,20). The normalized spacial score (nSPS) is 9.81. The van der Waals surface area contributed by atoms with E-state index < -0.39 is 11.7 Å². The van der Waals surface area contributed by atoms with Crippen LogP contribution in [0.1, 0.15) is 21.6 Å². The van der Waals surface area contributed by atoms with E-state index in [2.05, 4.69) is 10.3 Å². The number of aryl methyl sites for hydroxylation is 1. The van der Waals surface area contributed by atoms with Gasteiger partial charge in [-0.2, -0.15) is 5.26 Å². The summed E-state index contributed by atoms with van der Waals surface area (Å²) in [7, 11) is 0. The highest BCUT2D eigenvalue weighted by molar-refractivity contribution is 5.98. The molecule has 1 aromatic heterocycles.